The highest BCUT2D eigenvalue weighted by Gasteiger charge is 2.16. The van der Waals surface area contributed by atoms with Gasteiger partial charge in [-0.25, -0.2) is 4.98 Å². The van der Waals surface area contributed by atoms with Crippen molar-refractivity contribution in [2.45, 2.75) is 0 Å². The number of imidazole rings is 1. The topological polar surface area (TPSA) is 59.4 Å². The molecule has 8 aromatic rings. The van der Waals surface area contributed by atoms with Gasteiger partial charge in [0, 0.05) is 74.6 Å². The standard InChI is InChI=1S/C35H23N5/c1-2-9-27(10-3-1)40-33-16-7-6-15-32(33)39-35(40)26-18-24(20-37-22-26)23-17-25(21-36-19-23)28-12-8-13-30-29-11-4-5-14-31(29)38-34(28)30/h1-22,38H. The Labute approximate surface area is 230 Å². The smallest absolute Gasteiger partial charge is 0.147 e. The average Bonchev–Trinajstić information content (AvgIpc) is 3.61. The van der Waals surface area contributed by atoms with E-state index < -0.39 is 0 Å². The second kappa shape index (κ2) is 9.03. The second-order valence-electron chi connectivity index (χ2n) is 9.92. The van der Waals surface area contributed by atoms with Crippen molar-refractivity contribution in [3.63, 3.8) is 0 Å². The number of benzene rings is 4. The zero-order valence-corrected chi connectivity index (χ0v) is 21.5. The van der Waals surface area contributed by atoms with Crippen molar-refractivity contribution in [3.05, 3.63) is 134 Å². The van der Waals surface area contributed by atoms with Gasteiger partial charge in [0.25, 0.3) is 0 Å². The van der Waals surface area contributed by atoms with Gasteiger partial charge in [-0.15, -0.1) is 0 Å². The van der Waals surface area contributed by atoms with E-state index in [0.29, 0.717) is 0 Å². The van der Waals surface area contributed by atoms with Crippen molar-refractivity contribution in [1.29, 1.82) is 0 Å². The van der Waals surface area contributed by atoms with E-state index in [2.05, 4.69) is 92.3 Å². The molecule has 5 heteroatoms. The number of hydrogen-bond acceptors (Lipinski definition) is 3. The molecule has 0 unspecified atom stereocenters. The first-order chi connectivity index (χ1) is 19.8. The van der Waals surface area contributed by atoms with Gasteiger partial charge in [-0.05, 0) is 42.5 Å². The summed E-state index contributed by atoms with van der Waals surface area (Å²) in [5, 5.41) is 2.43. The molecule has 0 atom stereocenters. The molecule has 0 spiro atoms. The summed E-state index contributed by atoms with van der Waals surface area (Å²) in [6.07, 6.45) is 7.60. The van der Waals surface area contributed by atoms with Gasteiger partial charge in [0.1, 0.15) is 5.82 Å². The first-order valence-electron chi connectivity index (χ1n) is 13.3. The highest BCUT2D eigenvalue weighted by atomic mass is 15.1. The molecule has 5 nitrogen and oxygen atoms in total. The van der Waals surface area contributed by atoms with Gasteiger partial charge in [-0.3, -0.25) is 14.5 Å². The molecule has 0 aliphatic carbocycles. The molecule has 0 saturated heterocycles. The first-order valence-corrected chi connectivity index (χ1v) is 13.3. The molecule has 4 heterocycles. The Morgan fingerprint density at radius 3 is 2.10 bits per heavy atom. The van der Waals surface area contributed by atoms with E-state index in [1.165, 1.54) is 10.8 Å². The zero-order valence-electron chi connectivity index (χ0n) is 21.5. The van der Waals surface area contributed by atoms with Gasteiger partial charge in [0.15, 0.2) is 0 Å². The van der Waals surface area contributed by atoms with Crippen molar-refractivity contribution in [3.8, 4) is 39.3 Å². The summed E-state index contributed by atoms with van der Waals surface area (Å²) < 4.78 is 2.20. The van der Waals surface area contributed by atoms with E-state index in [1.807, 2.05) is 61.2 Å². The molecule has 0 aliphatic heterocycles. The van der Waals surface area contributed by atoms with Gasteiger partial charge >= 0.3 is 0 Å². The lowest BCUT2D eigenvalue weighted by Gasteiger charge is -2.11. The quantitative estimate of drug-likeness (QED) is 0.257. The van der Waals surface area contributed by atoms with Crippen molar-refractivity contribution in [1.82, 2.24) is 24.5 Å². The van der Waals surface area contributed by atoms with Crippen molar-refractivity contribution >= 4 is 32.8 Å². The largest absolute Gasteiger partial charge is 0.354 e. The summed E-state index contributed by atoms with van der Waals surface area (Å²) in [4.78, 5) is 17.9. The molecule has 0 radical (unpaired) electrons. The number of aromatic amines is 1. The van der Waals surface area contributed by atoms with E-state index in [9.17, 15) is 0 Å². The number of aromatic nitrogens is 5. The summed E-state index contributed by atoms with van der Waals surface area (Å²) in [5.74, 6) is 0.855. The number of fused-ring (bicyclic) bond motifs is 4. The normalized spacial score (nSPS) is 11.5. The number of H-pyrrole nitrogens is 1. The van der Waals surface area contributed by atoms with Crippen molar-refractivity contribution in [2.75, 3.05) is 0 Å². The number of nitrogens with zero attached hydrogens (tertiary/aromatic N) is 4. The fourth-order valence-corrected chi connectivity index (χ4v) is 5.64. The third-order valence-electron chi connectivity index (χ3n) is 7.50. The van der Waals surface area contributed by atoms with E-state index >= 15 is 0 Å². The molecule has 0 aliphatic rings. The molecular formula is C35H23N5. The maximum Gasteiger partial charge on any atom is 0.147 e. The van der Waals surface area contributed by atoms with Crippen LogP contribution >= 0.6 is 0 Å². The molecule has 188 valence electrons. The number of rotatable bonds is 4. The van der Waals surface area contributed by atoms with Crippen LogP contribution in [0.2, 0.25) is 0 Å². The number of para-hydroxylation sites is 5. The second-order valence-corrected chi connectivity index (χ2v) is 9.92. The Morgan fingerprint density at radius 2 is 1.23 bits per heavy atom. The summed E-state index contributed by atoms with van der Waals surface area (Å²) in [5.41, 5.74) is 10.4. The van der Waals surface area contributed by atoms with Crippen LogP contribution in [0, 0.1) is 0 Å². The Morgan fingerprint density at radius 1 is 0.550 bits per heavy atom. The van der Waals surface area contributed by atoms with Gasteiger partial charge in [0.2, 0.25) is 0 Å². The molecule has 4 aromatic heterocycles. The van der Waals surface area contributed by atoms with Crippen LogP contribution in [0.5, 0.6) is 0 Å². The van der Waals surface area contributed by atoms with Gasteiger partial charge in [-0.2, -0.15) is 0 Å². The van der Waals surface area contributed by atoms with Crippen LogP contribution in [-0.4, -0.2) is 24.5 Å². The van der Waals surface area contributed by atoms with Crippen molar-refractivity contribution in [2.24, 2.45) is 0 Å². The highest BCUT2D eigenvalue weighted by molar-refractivity contribution is 6.11. The van der Waals surface area contributed by atoms with E-state index in [1.54, 1.807) is 0 Å². The minimum absolute atomic E-state index is 0.855. The molecule has 1 N–H and O–H groups in total. The predicted molar refractivity (Wildman–Crippen MR) is 162 cm³/mol. The van der Waals surface area contributed by atoms with Crippen LogP contribution < -0.4 is 0 Å². The van der Waals surface area contributed by atoms with Crippen LogP contribution in [0.25, 0.3) is 72.2 Å². The highest BCUT2D eigenvalue weighted by Crippen LogP contribution is 2.35. The lowest BCUT2D eigenvalue weighted by atomic mass is 10.00. The Hall–Kier alpha value is -5.55. The molecule has 0 fully saturated rings. The van der Waals surface area contributed by atoms with E-state index in [4.69, 9.17) is 4.98 Å². The fraction of sp³-hybridized carbons (Fsp3) is 0. The SMILES string of the molecule is c1ccc(-n2c(-c3cncc(-c4cncc(-c5cccc6c5[nH]c5ccccc56)c4)c3)nc3ccccc32)cc1. The Bertz CT molecular complexity index is 2170. The number of nitrogens with one attached hydrogen (secondary N) is 1. The Kier molecular flexibility index (Phi) is 5.07. The van der Waals surface area contributed by atoms with Crippen LogP contribution in [0.4, 0.5) is 0 Å². The molecule has 4 aromatic carbocycles. The summed E-state index contributed by atoms with van der Waals surface area (Å²) in [6.45, 7) is 0. The fourth-order valence-electron chi connectivity index (χ4n) is 5.64. The van der Waals surface area contributed by atoms with Gasteiger partial charge in [0.05, 0.1) is 16.6 Å². The summed E-state index contributed by atoms with van der Waals surface area (Å²) in [6, 6.07) is 37.7. The lowest BCUT2D eigenvalue weighted by Crippen LogP contribution is -1.98. The monoisotopic (exact) mass is 513 g/mol. The zero-order chi connectivity index (χ0) is 26.5. The maximum absolute atomic E-state index is 5.02. The number of pyridine rings is 2. The summed E-state index contributed by atoms with van der Waals surface area (Å²) in [7, 11) is 0. The third-order valence-corrected chi connectivity index (χ3v) is 7.50. The van der Waals surface area contributed by atoms with Gasteiger partial charge in [-0.1, -0.05) is 66.7 Å². The molecule has 40 heavy (non-hydrogen) atoms. The van der Waals surface area contributed by atoms with Crippen molar-refractivity contribution < 1.29 is 0 Å². The van der Waals surface area contributed by atoms with Crippen LogP contribution in [-0.2, 0) is 0 Å². The molecular weight excluding hydrogens is 490 g/mol. The molecule has 0 amide bonds. The molecule has 0 saturated carbocycles. The van der Waals surface area contributed by atoms with Crippen LogP contribution in [0.3, 0.4) is 0 Å². The summed E-state index contributed by atoms with van der Waals surface area (Å²) >= 11 is 0. The third kappa shape index (κ3) is 3.60. The first kappa shape index (κ1) is 22.4. The Balaban J connectivity index is 1.26. The lowest BCUT2D eigenvalue weighted by molar-refractivity contribution is 1.10. The maximum atomic E-state index is 5.02. The number of hydrogen-bond donors (Lipinski definition) is 1. The average molecular weight is 514 g/mol. The minimum atomic E-state index is 0.855. The van der Waals surface area contributed by atoms with Crippen LogP contribution in [0.15, 0.2) is 134 Å². The molecule has 8 rings (SSSR count). The molecule has 0 bridgehead atoms. The minimum Gasteiger partial charge on any atom is -0.354 e. The predicted octanol–water partition coefficient (Wildman–Crippen LogP) is 8.45. The van der Waals surface area contributed by atoms with Gasteiger partial charge < -0.3 is 4.98 Å². The van der Waals surface area contributed by atoms with Crippen LogP contribution in [0.1, 0.15) is 0 Å². The van der Waals surface area contributed by atoms with E-state index in [0.717, 1.165) is 61.4 Å². The van der Waals surface area contributed by atoms with E-state index in [-0.39, 0.29) is 0 Å².